The number of hydrogen-bond acceptors (Lipinski definition) is 5. The van der Waals surface area contributed by atoms with Crippen LogP contribution < -0.4 is 10.1 Å². The highest BCUT2D eigenvalue weighted by atomic mass is 35.5. The zero-order valence-corrected chi connectivity index (χ0v) is 20.4. The lowest BCUT2D eigenvalue weighted by molar-refractivity contribution is -0.120. The Kier molecular flexibility index (Phi) is 7.55. The van der Waals surface area contributed by atoms with Gasteiger partial charge in [-0.15, -0.1) is 0 Å². The number of carbonyl (C=O) groups is 1. The van der Waals surface area contributed by atoms with Crippen LogP contribution in [0.15, 0.2) is 65.8 Å². The van der Waals surface area contributed by atoms with E-state index in [-0.39, 0.29) is 36.5 Å². The third-order valence-electron chi connectivity index (χ3n) is 5.87. The van der Waals surface area contributed by atoms with Gasteiger partial charge in [0.05, 0.1) is 23.0 Å². The minimum absolute atomic E-state index is 0.140. The van der Waals surface area contributed by atoms with Gasteiger partial charge in [-0.2, -0.15) is 9.40 Å². The molecule has 0 spiro atoms. The van der Waals surface area contributed by atoms with Gasteiger partial charge in [-0.25, -0.2) is 13.1 Å². The molecule has 1 aromatic heterocycles. The van der Waals surface area contributed by atoms with E-state index < -0.39 is 10.0 Å². The molecule has 0 aliphatic carbocycles. The number of carbonyl (C=O) groups excluding carboxylic acids is 1. The van der Waals surface area contributed by atoms with Crippen LogP contribution in [0.2, 0.25) is 5.02 Å². The van der Waals surface area contributed by atoms with Gasteiger partial charge >= 0.3 is 0 Å². The van der Waals surface area contributed by atoms with Crippen LogP contribution >= 0.6 is 11.6 Å². The summed E-state index contributed by atoms with van der Waals surface area (Å²) in [5.41, 5.74) is 1.82. The maximum Gasteiger partial charge on any atom is 0.243 e. The maximum absolute atomic E-state index is 12.8. The van der Waals surface area contributed by atoms with Crippen LogP contribution in [0.25, 0.3) is 0 Å². The summed E-state index contributed by atoms with van der Waals surface area (Å²) in [6, 6.07) is 14.0. The van der Waals surface area contributed by atoms with Crippen molar-refractivity contribution in [3.8, 4) is 5.75 Å². The van der Waals surface area contributed by atoms with Crippen molar-refractivity contribution in [2.45, 2.75) is 37.8 Å². The molecular weight excluding hydrogens is 476 g/mol. The van der Waals surface area contributed by atoms with Gasteiger partial charge in [0.25, 0.3) is 0 Å². The Hall–Kier alpha value is -2.88. The van der Waals surface area contributed by atoms with Crippen LogP contribution in [-0.4, -0.2) is 41.5 Å². The number of anilines is 1. The van der Waals surface area contributed by atoms with Crippen molar-refractivity contribution in [2.24, 2.45) is 5.92 Å². The number of benzene rings is 2. The summed E-state index contributed by atoms with van der Waals surface area (Å²) in [6.07, 6.45) is 5.15. The van der Waals surface area contributed by atoms with Crippen LogP contribution in [0.3, 0.4) is 0 Å². The molecule has 2 aromatic carbocycles. The molecule has 0 unspecified atom stereocenters. The first-order valence-electron chi connectivity index (χ1n) is 11.2. The highest BCUT2D eigenvalue weighted by Gasteiger charge is 2.32. The average molecular weight is 503 g/mol. The topological polar surface area (TPSA) is 93.5 Å². The van der Waals surface area contributed by atoms with Crippen LogP contribution in [0.4, 0.5) is 5.69 Å². The summed E-state index contributed by atoms with van der Waals surface area (Å²) in [7, 11) is -3.60. The molecule has 10 heteroatoms. The van der Waals surface area contributed by atoms with E-state index in [4.69, 9.17) is 16.3 Å². The number of nitrogens with zero attached hydrogens (tertiary/aromatic N) is 3. The second-order valence-corrected chi connectivity index (χ2v) is 10.5. The number of piperidine rings is 1. The summed E-state index contributed by atoms with van der Waals surface area (Å²) >= 11 is 5.86. The van der Waals surface area contributed by atoms with E-state index in [0.29, 0.717) is 23.6 Å². The standard InChI is InChI=1S/C24H27ClN4O4S/c1-2-18-3-7-22(8-4-18)33-17-28-16-21(15-26-28)27-24(30)19-11-13-29(14-12-19)34(31,32)23-9-5-20(25)6-10-23/h3-10,15-16,19H,2,11-14,17H2,1H3,(H,27,30). The van der Waals surface area contributed by atoms with E-state index in [9.17, 15) is 13.2 Å². The van der Waals surface area contributed by atoms with Crippen molar-refractivity contribution in [3.05, 3.63) is 71.5 Å². The van der Waals surface area contributed by atoms with Crippen molar-refractivity contribution in [1.29, 1.82) is 0 Å². The van der Waals surface area contributed by atoms with E-state index in [0.717, 1.165) is 12.2 Å². The largest absolute Gasteiger partial charge is 0.471 e. The lowest BCUT2D eigenvalue weighted by Crippen LogP contribution is -2.41. The number of amides is 1. The maximum atomic E-state index is 12.8. The lowest BCUT2D eigenvalue weighted by Gasteiger charge is -2.30. The van der Waals surface area contributed by atoms with Gasteiger partial charge in [-0.05, 0) is 61.2 Å². The number of aromatic nitrogens is 2. The molecular formula is C24H27ClN4O4S. The molecule has 180 valence electrons. The number of rotatable bonds is 8. The second kappa shape index (κ2) is 10.6. The summed E-state index contributed by atoms with van der Waals surface area (Å²) in [5.74, 6) is 0.339. The smallest absolute Gasteiger partial charge is 0.243 e. The fourth-order valence-corrected chi connectivity index (χ4v) is 5.41. The van der Waals surface area contributed by atoms with E-state index in [1.165, 1.54) is 22.0 Å². The number of sulfonamides is 1. The minimum atomic E-state index is -3.60. The zero-order valence-electron chi connectivity index (χ0n) is 18.9. The van der Waals surface area contributed by atoms with Crippen molar-refractivity contribution in [3.63, 3.8) is 0 Å². The van der Waals surface area contributed by atoms with E-state index in [2.05, 4.69) is 17.3 Å². The van der Waals surface area contributed by atoms with Crippen molar-refractivity contribution in [1.82, 2.24) is 14.1 Å². The predicted molar refractivity (Wildman–Crippen MR) is 130 cm³/mol. The molecule has 34 heavy (non-hydrogen) atoms. The van der Waals surface area contributed by atoms with E-state index in [1.54, 1.807) is 29.2 Å². The Morgan fingerprint density at radius 3 is 2.44 bits per heavy atom. The van der Waals surface area contributed by atoms with E-state index >= 15 is 0 Å². The molecule has 1 fully saturated rings. The monoisotopic (exact) mass is 502 g/mol. The van der Waals surface area contributed by atoms with Gasteiger partial charge in [0.2, 0.25) is 15.9 Å². The van der Waals surface area contributed by atoms with Crippen molar-refractivity contribution < 1.29 is 17.9 Å². The van der Waals surface area contributed by atoms with Crippen LogP contribution in [-0.2, 0) is 28.0 Å². The molecule has 3 aromatic rings. The Morgan fingerprint density at radius 1 is 1.12 bits per heavy atom. The number of nitrogens with one attached hydrogen (secondary N) is 1. The summed E-state index contributed by atoms with van der Waals surface area (Å²) in [6.45, 7) is 2.89. The SMILES string of the molecule is CCc1ccc(OCn2cc(NC(=O)C3CCN(S(=O)(=O)c4ccc(Cl)cc4)CC3)cn2)cc1. The van der Waals surface area contributed by atoms with Gasteiger partial charge < -0.3 is 10.1 Å². The van der Waals surface area contributed by atoms with Crippen molar-refractivity contribution in [2.75, 3.05) is 18.4 Å². The Morgan fingerprint density at radius 2 is 1.79 bits per heavy atom. The molecule has 8 nitrogen and oxygen atoms in total. The first kappa shape index (κ1) is 24.3. The molecule has 1 amide bonds. The van der Waals surface area contributed by atoms with Gasteiger partial charge in [0.1, 0.15) is 5.75 Å². The summed E-state index contributed by atoms with van der Waals surface area (Å²) < 4.78 is 34.4. The molecule has 1 aliphatic rings. The quantitative estimate of drug-likeness (QED) is 0.499. The predicted octanol–water partition coefficient (Wildman–Crippen LogP) is 4.17. The zero-order chi connectivity index (χ0) is 24.1. The summed E-state index contributed by atoms with van der Waals surface area (Å²) in [4.78, 5) is 12.9. The Labute approximate surface area is 204 Å². The number of halogens is 1. The van der Waals surface area contributed by atoms with Crippen LogP contribution in [0.5, 0.6) is 5.75 Å². The molecule has 1 N–H and O–H groups in total. The number of ether oxygens (including phenoxy) is 1. The van der Waals surface area contributed by atoms with Crippen LogP contribution in [0, 0.1) is 5.92 Å². The highest BCUT2D eigenvalue weighted by molar-refractivity contribution is 7.89. The molecule has 1 saturated heterocycles. The minimum Gasteiger partial charge on any atom is -0.471 e. The summed E-state index contributed by atoms with van der Waals surface area (Å²) in [5, 5.41) is 7.58. The lowest BCUT2D eigenvalue weighted by atomic mass is 9.97. The van der Waals surface area contributed by atoms with Crippen LogP contribution in [0.1, 0.15) is 25.3 Å². The average Bonchev–Trinajstić information content (AvgIpc) is 3.30. The van der Waals surface area contributed by atoms with Gasteiger partial charge in [-0.1, -0.05) is 30.7 Å². The first-order chi connectivity index (χ1) is 16.3. The molecule has 0 atom stereocenters. The Balaban J connectivity index is 1.27. The van der Waals surface area contributed by atoms with Crippen molar-refractivity contribution >= 4 is 33.2 Å². The molecule has 0 bridgehead atoms. The van der Waals surface area contributed by atoms with E-state index in [1.807, 2.05) is 24.3 Å². The fraction of sp³-hybridized carbons (Fsp3) is 0.333. The van der Waals surface area contributed by atoms with Gasteiger partial charge in [0.15, 0.2) is 6.73 Å². The molecule has 2 heterocycles. The van der Waals surface area contributed by atoms with Gasteiger partial charge in [0, 0.05) is 24.0 Å². The van der Waals surface area contributed by atoms with Gasteiger partial charge in [-0.3, -0.25) is 4.79 Å². The second-order valence-electron chi connectivity index (χ2n) is 8.16. The molecule has 0 saturated carbocycles. The third kappa shape index (κ3) is 5.78. The highest BCUT2D eigenvalue weighted by Crippen LogP contribution is 2.25. The molecule has 0 radical (unpaired) electrons. The number of aryl methyl sites for hydroxylation is 1. The number of hydrogen-bond donors (Lipinski definition) is 1. The normalized spacial score (nSPS) is 15.2. The molecule has 1 aliphatic heterocycles. The molecule has 4 rings (SSSR count). The fourth-order valence-electron chi connectivity index (χ4n) is 3.82. The third-order valence-corrected chi connectivity index (χ3v) is 8.04. The first-order valence-corrected chi connectivity index (χ1v) is 13.0. The Bertz CT molecular complexity index is 1220.